The zero-order valence-corrected chi connectivity index (χ0v) is 21.1. The maximum Gasteiger partial charge on any atom is 0.332 e. The molecule has 35 heavy (non-hydrogen) atoms. The number of carbonyl (C=O) groups excluding carboxylic acids is 1. The van der Waals surface area contributed by atoms with Crippen molar-refractivity contribution in [2.75, 3.05) is 0 Å². The number of fused-ring (bicyclic) bond motifs is 1. The second-order valence-electron chi connectivity index (χ2n) is 9.09. The van der Waals surface area contributed by atoms with Crippen molar-refractivity contribution in [2.24, 2.45) is 12.8 Å². The van der Waals surface area contributed by atoms with Crippen molar-refractivity contribution in [2.45, 2.75) is 64.8 Å². The van der Waals surface area contributed by atoms with E-state index < -0.39 is 11.2 Å². The molecule has 0 amide bonds. The van der Waals surface area contributed by atoms with Crippen molar-refractivity contribution >= 4 is 29.4 Å². The molecule has 2 unspecified atom stereocenters. The smallest absolute Gasteiger partial charge is 0.332 e. The van der Waals surface area contributed by atoms with Gasteiger partial charge in [-0.3, -0.25) is 23.3 Å². The molecular formula is C25H32ClN5O4. The molecule has 1 aromatic carbocycles. The van der Waals surface area contributed by atoms with Gasteiger partial charge in [0.25, 0.3) is 11.6 Å². The summed E-state index contributed by atoms with van der Waals surface area (Å²) in [6.07, 6.45) is 5.49. The van der Waals surface area contributed by atoms with Crippen LogP contribution in [-0.4, -0.2) is 36.6 Å². The van der Waals surface area contributed by atoms with Gasteiger partial charge in [-0.05, 0) is 33.1 Å². The Hall–Kier alpha value is -3.17. The highest BCUT2D eigenvalue weighted by atomic mass is 35.5. The first-order valence-corrected chi connectivity index (χ1v) is 11.6. The molecule has 2 atom stereocenters. The molecule has 0 spiro atoms. The molecule has 0 saturated heterocycles. The molecule has 2 heterocycles. The van der Waals surface area contributed by atoms with Crippen molar-refractivity contribution < 1.29 is 9.53 Å². The molecule has 10 heteroatoms. The number of aromatic nitrogens is 4. The third kappa shape index (κ3) is 5.41. The number of hydrogen-bond acceptors (Lipinski definition) is 6. The van der Waals surface area contributed by atoms with Gasteiger partial charge in [0.1, 0.15) is 6.10 Å². The summed E-state index contributed by atoms with van der Waals surface area (Å²) in [6.45, 7) is 3.91. The molecule has 0 aliphatic heterocycles. The molecule has 1 fully saturated rings. The monoisotopic (exact) mass is 501 g/mol. The van der Waals surface area contributed by atoms with Crippen molar-refractivity contribution in [3.8, 4) is 6.01 Å². The minimum atomic E-state index is -0.602. The molecule has 188 valence electrons. The van der Waals surface area contributed by atoms with Crippen LogP contribution >= 0.6 is 12.4 Å². The zero-order chi connectivity index (χ0) is 24.4. The van der Waals surface area contributed by atoms with Gasteiger partial charge in [0.05, 0.1) is 6.54 Å². The highest BCUT2D eigenvalue weighted by Gasteiger charge is 2.28. The van der Waals surface area contributed by atoms with Crippen molar-refractivity contribution in [3.05, 3.63) is 68.4 Å². The van der Waals surface area contributed by atoms with E-state index in [9.17, 15) is 14.4 Å². The normalized spacial score (nSPS) is 17.6. The highest BCUT2D eigenvalue weighted by Crippen LogP contribution is 2.25. The van der Waals surface area contributed by atoms with Crippen LogP contribution in [0.2, 0.25) is 0 Å². The Bertz CT molecular complexity index is 1350. The molecule has 2 aromatic heterocycles. The molecule has 1 aliphatic rings. The van der Waals surface area contributed by atoms with Crippen LogP contribution in [0.1, 0.15) is 49.9 Å². The van der Waals surface area contributed by atoms with Gasteiger partial charge >= 0.3 is 5.69 Å². The lowest BCUT2D eigenvalue weighted by Crippen LogP contribution is -2.42. The second-order valence-corrected chi connectivity index (χ2v) is 9.09. The number of ether oxygens (including phenoxy) is 1. The van der Waals surface area contributed by atoms with E-state index in [0.717, 1.165) is 35.8 Å². The standard InChI is InChI=1S/C25H31N5O4.ClH/c1-16(2)13-14-29-21-22(27-24(29)34-20-12-8-7-11-18(20)26)28(3)25(33)30(23(21)32)15-19(31)17-9-5-4-6-10-17;/h4-6,9-10,13,18,20H,7-8,11-12,14-15,26H2,1-3H3;1H. The predicted octanol–water partition coefficient (Wildman–Crippen LogP) is 2.82. The van der Waals surface area contributed by atoms with E-state index in [2.05, 4.69) is 4.98 Å². The minimum absolute atomic E-state index is 0. The van der Waals surface area contributed by atoms with Gasteiger partial charge in [0, 0.05) is 25.2 Å². The second kappa shape index (κ2) is 11.0. The van der Waals surface area contributed by atoms with Crippen LogP contribution in [0.3, 0.4) is 0 Å². The SMILES string of the molecule is CC(C)=CCn1c(OC2CCCCC2N)nc2c1c(=O)n(CC(=O)c1ccccc1)c(=O)n2C.Cl. The van der Waals surface area contributed by atoms with E-state index in [0.29, 0.717) is 12.1 Å². The molecule has 1 saturated carbocycles. The first kappa shape index (κ1) is 26.4. The van der Waals surface area contributed by atoms with E-state index >= 15 is 0 Å². The summed E-state index contributed by atoms with van der Waals surface area (Å²) in [6, 6.07) is 8.75. The molecule has 2 N–H and O–H groups in total. The summed E-state index contributed by atoms with van der Waals surface area (Å²) in [4.78, 5) is 43.9. The Labute approximate surface area is 209 Å². The number of benzene rings is 1. The van der Waals surface area contributed by atoms with Crippen LogP contribution in [0.5, 0.6) is 6.01 Å². The number of carbonyl (C=O) groups is 1. The number of imidazole rings is 1. The van der Waals surface area contributed by atoms with Gasteiger partial charge in [-0.25, -0.2) is 4.79 Å². The molecule has 0 radical (unpaired) electrons. The zero-order valence-electron chi connectivity index (χ0n) is 20.3. The lowest BCUT2D eigenvalue weighted by molar-refractivity contribution is 0.0969. The minimum Gasteiger partial charge on any atom is -0.460 e. The molecule has 4 rings (SSSR count). The number of ketones is 1. The first-order valence-electron chi connectivity index (χ1n) is 11.6. The van der Waals surface area contributed by atoms with E-state index in [-0.39, 0.29) is 54.1 Å². The fraction of sp³-hybridized carbons (Fsp3) is 0.440. The quantitative estimate of drug-likeness (QED) is 0.393. The Morgan fingerprint density at radius 3 is 2.49 bits per heavy atom. The number of Topliss-reactive ketones (excluding diaryl/α,β-unsaturated/α-hetero) is 1. The Kier molecular flexibility index (Phi) is 8.34. The number of rotatable bonds is 7. The van der Waals surface area contributed by atoms with E-state index in [1.54, 1.807) is 41.9 Å². The largest absolute Gasteiger partial charge is 0.460 e. The first-order chi connectivity index (χ1) is 16.3. The van der Waals surface area contributed by atoms with Gasteiger partial charge < -0.3 is 10.5 Å². The third-order valence-electron chi connectivity index (χ3n) is 6.29. The van der Waals surface area contributed by atoms with Crippen LogP contribution in [-0.2, 0) is 20.1 Å². The van der Waals surface area contributed by atoms with Gasteiger partial charge in [-0.15, -0.1) is 12.4 Å². The Morgan fingerprint density at radius 1 is 1.14 bits per heavy atom. The fourth-order valence-electron chi connectivity index (χ4n) is 4.29. The predicted molar refractivity (Wildman–Crippen MR) is 138 cm³/mol. The maximum atomic E-state index is 13.5. The van der Waals surface area contributed by atoms with Crippen LogP contribution in [0, 0.1) is 0 Å². The lowest BCUT2D eigenvalue weighted by atomic mass is 9.93. The lowest BCUT2D eigenvalue weighted by Gasteiger charge is -2.28. The van der Waals surface area contributed by atoms with Crippen LogP contribution < -0.4 is 21.7 Å². The fourth-order valence-corrected chi connectivity index (χ4v) is 4.29. The van der Waals surface area contributed by atoms with Crippen molar-refractivity contribution in [1.29, 1.82) is 0 Å². The summed E-state index contributed by atoms with van der Waals surface area (Å²) in [5.41, 5.74) is 7.05. The maximum absolute atomic E-state index is 13.5. The van der Waals surface area contributed by atoms with Gasteiger partial charge in [-0.2, -0.15) is 4.98 Å². The number of aryl methyl sites for hydroxylation is 1. The Morgan fingerprint density at radius 2 is 1.83 bits per heavy atom. The summed E-state index contributed by atoms with van der Waals surface area (Å²) >= 11 is 0. The van der Waals surface area contributed by atoms with Crippen LogP contribution in [0.25, 0.3) is 11.2 Å². The third-order valence-corrected chi connectivity index (χ3v) is 6.29. The molecule has 9 nitrogen and oxygen atoms in total. The van der Waals surface area contributed by atoms with Gasteiger partial charge in [0.2, 0.25) is 0 Å². The van der Waals surface area contributed by atoms with Gasteiger partial charge in [0.15, 0.2) is 16.9 Å². The van der Waals surface area contributed by atoms with E-state index in [1.165, 1.54) is 4.57 Å². The van der Waals surface area contributed by atoms with Crippen molar-refractivity contribution in [1.82, 2.24) is 18.7 Å². The average Bonchev–Trinajstić information content (AvgIpc) is 3.19. The summed E-state index contributed by atoms with van der Waals surface area (Å²) in [7, 11) is 1.54. The number of hydrogen-bond donors (Lipinski definition) is 1. The highest BCUT2D eigenvalue weighted by molar-refractivity contribution is 5.95. The van der Waals surface area contributed by atoms with Crippen molar-refractivity contribution in [3.63, 3.8) is 0 Å². The van der Waals surface area contributed by atoms with E-state index in [1.807, 2.05) is 19.9 Å². The van der Waals surface area contributed by atoms with Crippen LogP contribution in [0.15, 0.2) is 51.6 Å². The number of nitrogens with two attached hydrogens (primary N) is 1. The molecule has 0 bridgehead atoms. The Balaban J connectivity index is 0.00000342. The number of nitrogens with zero attached hydrogens (tertiary/aromatic N) is 4. The van der Waals surface area contributed by atoms with E-state index in [4.69, 9.17) is 10.5 Å². The average molecular weight is 502 g/mol. The summed E-state index contributed by atoms with van der Waals surface area (Å²) < 4.78 is 10.2. The topological polar surface area (TPSA) is 114 Å². The number of halogens is 1. The van der Waals surface area contributed by atoms with Crippen LogP contribution in [0.4, 0.5) is 0 Å². The molecular weight excluding hydrogens is 470 g/mol. The molecule has 3 aromatic rings. The summed E-state index contributed by atoms with van der Waals surface area (Å²) in [5, 5.41) is 0. The molecule has 1 aliphatic carbocycles. The summed E-state index contributed by atoms with van der Waals surface area (Å²) in [5.74, 6) is -0.320. The van der Waals surface area contributed by atoms with Gasteiger partial charge in [-0.1, -0.05) is 48.4 Å². The number of allylic oxidation sites excluding steroid dienone is 2.